The smallest absolute Gasteiger partial charge is 0.146 e. The third-order valence-electron chi connectivity index (χ3n) is 3.93. The molecule has 1 aliphatic carbocycles. The van der Waals surface area contributed by atoms with Crippen LogP contribution in [0.4, 0.5) is 0 Å². The molecule has 0 radical (unpaired) electrons. The average Bonchev–Trinajstić information content (AvgIpc) is 2.56. The molecule has 0 saturated heterocycles. The molecule has 0 heterocycles. The first-order chi connectivity index (χ1) is 9.53. The maximum atomic E-state index is 11.4. The van der Waals surface area contributed by atoms with Crippen LogP contribution in [0.25, 0.3) is 0 Å². The number of aryl methyl sites for hydroxylation is 2. The Morgan fingerprint density at radius 1 is 1.10 bits per heavy atom. The van der Waals surface area contributed by atoms with Crippen molar-refractivity contribution < 1.29 is 5.11 Å². The molecule has 3 rings (SSSR count). The van der Waals surface area contributed by atoms with Crippen molar-refractivity contribution in [1.82, 2.24) is 0 Å². The van der Waals surface area contributed by atoms with Gasteiger partial charge < -0.3 is 5.11 Å². The highest BCUT2D eigenvalue weighted by molar-refractivity contribution is 9.11. The summed E-state index contributed by atoms with van der Waals surface area (Å²) in [6, 6.07) is 13.7. The number of hydrogen-bond acceptors (Lipinski definition) is 1. The highest BCUT2D eigenvalue weighted by atomic mass is 79.9. The monoisotopic (exact) mass is 348 g/mol. The molecule has 0 aliphatic heterocycles. The maximum Gasteiger partial charge on any atom is 0.146 e. The first-order valence-electron chi connectivity index (χ1n) is 6.48. The first kappa shape index (κ1) is 13.9. The Labute approximate surface area is 132 Å². The van der Waals surface area contributed by atoms with Gasteiger partial charge in [0.15, 0.2) is 0 Å². The third-order valence-corrected chi connectivity index (χ3v) is 4.73. The van der Waals surface area contributed by atoms with E-state index in [2.05, 4.69) is 28.6 Å². The Bertz CT molecular complexity index is 695. The summed E-state index contributed by atoms with van der Waals surface area (Å²) in [7, 11) is 0. The fourth-order valence-corrected chi connectivity index (χ4v) is 3.50. The second-order valence-electron chi connectivity index (χ2n) is 5.07. The Kier molecular flexibility index (Phi) is 3.49. The summed E-state index contributed by atoms with van der Waals surface area (Å²) in [5.41, 5.74) is 2.70. The summed E-state index contributed by atoms with van der Waals surface area (Å²) in [5.74, 6) is 0. The molecule has 2 aromatic rings. The van der Waals surface area contributed by atoms with Crippen LogP contribution in [-0.4, -0.2) is 5.11 Å². The van der Waals surface area contributed by atoms with Crippen molar-refractivity contribution in [2.24, 2.45) is 0 Å². The molecule has 2 aromatic carbocycles. The van der Waals surface area contributed by atoms with Crippen LogP contribution in [0, 0.1) is 0 Å². The van der Waals surface area contributed by atoms with Crippen molar-refractivity contribution in [3.63, 3.8) is 0 Å². The summed E-state index contributed by atoms with van der Waals surface area (Å²) in [6.07, 6.45) is 1.78. The van der Waals surface area contributed by atoms with Gasteiger partial charge in [-0.3, -0.25) is 0 Å². The summed E-state index contributed by atoms with van der Waals surface area (Å²) < 4.78 is 0.530. The van der Waals surface area contributed by atoms with Crippen molar-refractivity contribution in [1.29, 1.82) is 0 Å². The number of hydrogen-bond donors (Lipinski definition) is 1. The molecule has 0 aromatic heterocycles. The van der Waals surface area contributed by atoms with Crippen molar-refractivity contribution in [2.45, 2.75) is 18.4 Å². The normalized spacial score (nSPS) is 20.8. The van der Waals surface area contributed by atoms with E-state index in [1.54, 1.807) is 0 Å². The number of halogens is 2. The molecule has 102 valence electrons. The molecule has 1 atom stereocenters. The molecule has 0 bridgehead atoms. The second-order valence-corrected chi connectivity index (χ2v) is 6.47. The van der Waals surface area contributed by atoms with E-state index >= 15 is 0 Å². The quantitative estimate of drug-likeness (QED) is 0.799. The average molecular weight is 350 g/mol. The second kappa shape index (κ2) is 5.03. The fourth-order valence-electron chi connectivity index (χ4n) is 2.90. The molecule has 1 nitrogen and oxygen atoms in total. The fraction of sp³-hybridized carbons (Fsp3) is 0.176. The molecular weight excluding hydrogens is 336 g/mol. The first-order valence-corrected chi connectivity index (χ1v) is 7.65. The highest BCUT2D eigenvalue weighted by Crippen LogP contribution is 2.44. The van der Waals surface area contributed by atoms with E-state index in [0.717, 1.165) is 35.1 Å². The van der Waals surface area contributed by atoms with E-state index in [1.165, 1.54) is 0 Å². The van der Waals surface area contributed by atoms with Crippen LogP contribution in [0.3, 0.4) is 0 Å². The lowest BCUT2D eigenvalue weighted by atomic mass is 9.83. The largest absolute Gasteiger partial charge is 0.376 e. The zero-order valence-electron chi connectivity index (χ0n) is 10.9. The molecule has 0 spiro atoms. The SMILES string of the molecule is C=C(Br)C1(O)c2ccccc2CCc2ccc(Cl)cc21. The van der Waals surface area contributed by atoms with E-state index in [-0.39, 0.29) is 0 Å². The van der Waals surface area contributed by atoms with Gasteiger partial charge in [-0.2, -0.15) is 0 Å². The molecular formula is C17H14BrClO. The standard InChI is InChI=1S/C17H14BrClO/c1-11(18)17(20)15-5-3-2-4-12(15)6-7-13-8-9-14(19)10-16(13)17/h2-5,8-10,20H,1,6-7H2. The van der Waals surface area contributed by atoms with E-state index in [4.69, 9.17) is 11.6 Å². The summed E-state index contributed by atoms with van der Waals surface area (Å²) in [6.45, 7) is 3.94. The number of aliphatic hydroxyl groups is 1. The molecule has 0 amide bonds. The van der Waals surface area contributed by atoms with Crippen molar-refractivity contribution in [3.05, 3.63) is 80.8 Å². The van der Waals surface area contributed by atoms with Crippen LogP contribution in [0.5, 0.6) is 0 Å². The highest BCUT2D eigenvalue weighted by Gasteiger charge is 2.39. The van der Waals surface area contributed by atoms with Gasteiger partial charge in [0.2, 0.25) is 0 Å². The Balaban J connectivity index is 2.36. The van der Waals surface area contributed by atoms with Gasteiger partial charge in [0.05, 0.1) is 0 Å². The lowest BCUT2D eigenvalue weighted by Crippen LogP contribution is -2.28. The third kappa shape index (κ3) is 2.03. The Morgan fingerprint density at radius 2 is 1.75 bits per heavy atom. The van der Waals surface area contributed by atoms with E-state index < -0.39 is 5.60 Å². The predicted molar refractivity (Wildman–Crippen MR) is 86.4 cm³/mol. The molecule has 1 unspecified atom stereocenters. The van der Waals surface area contributed by atoms with Gasteiger partial charge in [0.1, 0.15) is 5.60 Å². The molecule has 20 heavy (non-hydrogen) atoms. The van der Waals surface area contributed by atoms with E-state index in [9.17, 15) is 5.11 Å². The van der Waals surface area contributed by atoms with E-state index in [0.29, 0.717) is 9.51 Å². The van der Waals surface area contributed by atoms with E-state index in [1.807, 2.05) is 36.4 Å². The van der Waals surface area contributed by atoms with Gasteiger partial charge in [-0.1, -0.05) is 64.4 Å². The topological polar surface area (TPSA) is 20.2 Å². The molecule has 0 saturated carbocycles. The minimum atomic E-state index is -1.24. The molecule has 0 fully saturated rings. The zero-order chi connectivity index (χ0) is 14.3. The van der Waals surface area contributed by atoms with Gasteiger partial charge in [0.25, 0.3) is 0 Å². The van der Waals surface area contributed by atoms with Gasteiger partial charge in [0, 0.05) is 9.51 Å². The maximum absolute atomic E-state index is 11.4. The lowest BCUT2D eigenvalue weighted by Gasteiger charge is -2.30. The van der Waals surface area contributed by atoms with Crippen molar-refractivity contribution in [3.8, 4) is 0 Å². The summed E-state index contributed by atoms with van der Waals surface area (Å²) >= 11 is 9.54. The number of fused-ring (bicyclic) bond motifs is 2. The molecule has 3 heteroatoms. The number of benzene rings is 2. The van der Waals surface area contributed by atoms with Gasteiger partial charge in [-0.05, 0) is 47.2 Å². The summed E-state index contributed by atoms with van der Waals surface area (Å²) in [4.78, 5) is 0. The summed E-state index contributed by atoms with van der Waals surface area (Å²) in [5, 5.41) is 12.0. The lowest BCUT2D eigenvalue weighted by molar-refractivity contribution is 0.131. The zero-order valence-corrected chi connectivity index (χ0v) is 13.2. The van der Waals surface area contributed by atoms with Crippen LogP contribution in [0.15, 0.2) is 53.5 Å². The van der Waals surface area contributed by atoms with Gasteiger partial charge in [-0.25, -0.2) is 0 Å². The van der Waals surface area contributed by atoms with Crippen LogP contribution in [-0.2, 0) is 18.4 Å². The van der Waals surface area contributed by atoms with Crippen LogP contribution >= 0.6 is 27.5 Å². The van der Waals surface area contributed by atoms with Crippen LogP contribution in [0.2, 0.25) is 5.02 Å². The van der Waals surface area contributed by atoms with Crippen molar-refractivity contribution >= 4 is 27.5 Å². The minimum Gasteiger partial charge on any atom is -0.376 e. The Hall–Kier alpha value is -1.09. The van der Waals surface area contributed by atoms with Gasteiger partial charge in [-0.15, -0.1) is 0 Å². The molecule has 1 N–H and O–H groups in total. The van der Waals surface area contributed by atoms with Gasteiger partial charge >= 0.3 is 0 Å². The van der Waals surface area contributed by atoms with Crippen molar-refractivity contribution in [2.75, 3.05) is 0 Å². The molecule has 1 aliphatic rings. The predicted octanol–water partition coefficient (Wildman–Crippen LogP) is 4.58. The number of rotatable bonds is 1. The van der Waals surface area contributed by atoms with Crippen LogP contribution < -0.4 is 0 Å². The minimum absolute atomic E-state index is 0.530. The Morgan fingerprint density at radius 3 is 2.45 bits per heavy atom. The van der Waals surface area contributed by atoms with Crippen LogP contribution in [0.1, 0.15) is 22.3 Å².